The van der Waals surface area contributed by atoms with E-state index >= 15 is 0 Å². The molecule has 1 atom stereocenters. The molecule has 0 spiro atoms. The number of rotatable bonds is 3. The standard InChI is InChI=1S/C13H18N4/c1-4-17-6-5-15-13(17)12(14)11-7-9(2)16-10(3)8-11/h5-8,12H,4,14H2,1-3H3. The zero-order valence-corrected chi connectivity index (χ0v) is 10.5. The fraction of sp³-hybridized carbons (Fsp3) is 0.385. The Hall–Kier alpha value is -1.68. The van der Waals surface area contributed by atoms with E-state index in [4.69, 9.17) is 5.73 Å². The summed E-state index contributed by atoms with van der Waals surface area (Å²) < 4.78 is 2.07. The van der Waals surface area contributed by atoms with Gasteiger partial charge in [0.05, 0.1) is 6.04 Å². The van der Waals surface area contributed by atoms with Crippen LogP contribution in [0.4, 0.5) is 0 Å². The lowest BCUT2D eigenvalue weighted by Crippen LogP contribution is -2.18. The molecule has 0 aromatic carbocycles. The van der Waals surface area contributed by atoms with Crippen LogP contribution in [0.25, 0.3) is 0 Å². The highest BCUT2D eigenvalue weighted by molar-refractivity contribution is 5.28. The van der Waals surface area contributed by atoms with E-state index in [-0.39, 0.29) is 6.04 Å². The van der Waals surface area contributed by atoms with Gasteiger partial charge in [-0.3, -0.25) is 4.98 Å². The first-order valence-electron chi connectivity index (χ1n) is 5.83. The Balaban J connectivity index is 2.39. The highest BCUT2D eigenvalue weighted by Gasteiger charge is 2.14. The minimum Gasteiger partial charge on any atom is -0.334 e. The van der Waals surface area contributed by atoms with E-state index in [0.717, 1.165) is 29.3 Å². The van der Waals surface area contributed by atoms with Gasteiger partial charge in [0.15, 0.2) is 0 Å². The molecular weight excluding hydrogens is 212 g/mol. The maximum absolute atomic E-state index is 6.26. The number of hydrogen-bond acceptors (Lipinski definition) is 3. The molecule has 2 aromatic heterocycles. The number of hydrogen-bond donors (Lipinski definition) is 1. The van der Waals surface area contributed by atoms with Crippen molar-refractivity contribution in [2.75, 3.05) is 0 Å². The molecule has 2 rings (SSSR count). The highest BCUT2D eigenvalue weighted by Crippen LogP contribution is 2.19. The van der Waals surface area contributed by atoms with Crippen LogP contribution in [0.5, 0.6) is 0 Å². The zero-order valence-electron chi connectivity index (χ0n) is 10.5. The van der Waals surface area contributed by atoms with E-state index in [9.17, 15) is 0 Å². The number of aryl methyl sites for hydroxylation is 3. The van der Waals surface area contributed by atoms with Gasteiger partial charge in [-0.05, 0) is 38.5 Å². The van der Waals surface area contributed by atoms with Crippen molar-refractivity contribution in [2.24, 2.45) is 5.73 Å². The molecule has 0 aliphatic carbocycles. The van der Waals surface area contributed by atoms with Crippen LogP contribution in [0.1, 0.15) is 35.7 Å². The maximum atomic E-state index is 6.26. The summed E-state index contributed by atoms with van der Waals surface area (Å²) in [6, 6.07) is 3.85. The molecule has 0 saturated carbocycles. The summed E-state index contributed by atoms with van der Waals surface area (Å²) in [5, 5.41) is 0. The van der Waals surface area contributed by atoms with Crippen LogP contribution in [0.3, 0.4) is 0 Å². The van der Waals surface area contributed by atoms with Gasteiger partial charge in [0.1, 0.15) is 5.82 Å². The Morgan fingerprint density at radius 3 is 2.53 bits per heavy atom. The van der Waals surface area contributed by atoms with Gasteiger partial charge in [-0.2, -0.15) is 0 Å². The van der Waals surface area contributed by atoms with Crippen molar-refractivity contribution in [3.05, 3.63) is 47.3 Å². The summed E-state index contributed by atoms with van der Waals surface area (Å²) >= 11 is 0. The van der Waals surface area contributed by atoms with E-state index in [1.165, 1.54) is 0 Å². The highest BCUT2D eigenvalue weighted by atomic mass is 15.1. The SMILES string of the molecule is CCn1ccnc1C(N)c1cc(C)nc(C)c1. The Bertz CT molecular complexity index is 496. The second kappa shape index (κ2) is 4.67. The van der Waals surface area contributed by atoms with Crippen molar-refractivity contribution >= 4 is 0 Å². The summed E-state index contributed by atoms with van der Waals surface area (Å²) in [4.78, 5) is 8.70. The molecule has 2 heterocycles. The quantitative estimate of drug-likeness (QED) is 0.877. The van der Waals surface area contributed by atoms with Gasteiger partial charge in [-0.15, -0.1) is 0 Å². The molecule has 2 aromatic rings. The largest absolute Gasteiger partial charge is 0.334 e. The van der Waals surface area contributed by atoms with Crippen molar-refractivity contribution in [1.82, 2.24) is 14.5 Å². The normalized spacial score (nSPS) is 12.7. The smallest absolute Gasteiger partial charge is 0.130 e. The third-order valence-electron chi connectivity index (χ3n) is 2.83. The van der Waals surface area contributed by atoms with Gasteiger partial charge < -0.3 is 10.3 Å². The van der Waals surface area contributed by atoms with Gasteiger partial charge in [-0.25, -0.2) is 4.98 Å². The summed E-state index contributed by atoms with van der Waals surface area (Å²) in [5.74, 6) is 0.900. The second-order valence-corrected chi connectivity index (χ2v) is 4.23. The van der Waals surface area contributed by atoms with E-state index in [2.05, 4.69) is 21.5 Å². The summed E-state index contributed by atoms with van der Waals surface area (Å²) in [6.45, 7) is 6.93. The molecular formula is C13H18N4. The summed E-state index contributed by atoms with van der Waals surface area (Å²) in [6.07, 6.45) is 3.75. The first-order valence-corrected chi connectivity index (χ1v) is 5.83. The fourth-order valence-corrected chi connectivity index (χ4v) is 2.06. The van der Waals surface area contributed by atoms with Gasteiger partial charge in [0.25, 0.3) is 0 Å². The molecule has 17 heavy (non-hydrogen) atoms. The number of nitrogens with two attached hydrogens (primary N) is 1. The number of imidazole rings is 1. The lowest BCUT2D eigenvalue weighted by atomic mass is 10.1. The van der Waals surface area contributed by atoms with E-state index in [1.54, 1.807) is 6.20 Å². The molecule has 0 fully saturated rings. The first-order chi connectivity index (χ1) is 8.11. The van der Waals surface area contributed by atoms with Gasteiger partial charge >= 0.3 is 0 Å². The molecule has 0 amide bonds. The molecule has 0 bridgehead atoms. The van der Waals surface area contributed by atoms with E-state index in [1.807, 2.05) is 32.2 Å². The topological polar surface area (TPSA) is 56.7 Å². The van der Waals surface area contributed by atoms with Crippen LogP contribution < -0.4 is 5.73 Å². The predicted molar refractivity (Wildman–Crippen MR) is 67.6 cm³/mol. The van der Waals surface area contributed by atoms with Crippen LogP contribution in [-0.4, -0.2) is 14.5 Å². The van der Waals surface area contributed by atoms with Crippen LogP contribution in [0.2, 0.25) is 0 Å². The van der Waals surface area contributed by atoms with Crippen molar-refractivity contribution in [3.63, 3.8) is 0 Å². The molecule has 4 heteroatoms. The minimum atomic E-state index is -0.189. The number of aromatic nitrogens is 3. The van der Waals surface area contributed by atoms with Crippen LogP contribution >= 0.6 is 0 Å². The molecule has 2 N–H and O–H groups in total. The predicted octanol–water partition coefficient (Wildman–Crippen LogP) is 1.96. The van der Waals surface area contributed by atoms with Crippen molar-refractivity contribution in [3.8, 4) is 0 Å². The summed E-state index contributed by atoms with van der Waals surface area (Å²) in [7, 11) is 0. The average molecular weight is 230 g/mol. The average Bonchev–Trinajstić information content (AvgIpc) is 2.74. The molecule has 1 unspecified atom stereocenters. The zero-order chi connectivity index (χ0) is 12.4. The molecule has 0 saturated heterocycles. The van der Waals surface area contributed by atoms with E-state index < -0.39 is 0 Å². The molecule has 0 aliphatic rings. The third-order valence-corrected chi connectivity index (χ3v) is 2.83. The lowest BCUT2D eigenvalue weighted by Gasteiger charge is -2.14. The fourth-order valence-electron chi connectivity index (χ4n) is 2.06. The first kappa shape index (κ1) is 11.8. The Labute approximate surface area is 102 Å². The monoisotopic (exact) mass is 230 g/mol. The van der Waals surface area contributed by atoms with Crippen molar-refractivity contribution in [2.45, 2.75) is 33.4 Å². The molecule has 4 nitrogen and oxygen atoms in total. The van der Waals surface area contributed by atoms with Crippen LogP contribution in [0.15, 0.2) is 24.5 Å². The maximum Gasteiger partial charge on any atom is 0.130 e. The Morgan fingerprint density at radius 1 is 1.29 bits per heavy atom. The van der Waals surface area contributed by atoms with Crippen LogP contribution in [-0.2, 0) is 6.54 Å². The van der Waals surface area contributed by atoms with Gasteiger partial charge in [0.2, 0.25) is 0 Å². The van der Waals surface area contributed by atoms with Crippen molar-refractivity contribution < 1.29 is 0 Å². The molecule has 90 valence electrons. The summed E-state index contributed by atoms with van der Waals surface area (Å²) in [5.41, 5.74) is 9.31. The number of nitrogens with zero attached hydrogens (tertiary/aromatic N) is 3. The second-order valence-electron chi connectivity index (χ2n) is 4.23. The van der Waals surface area contributed by atoms with Crippen molar-refractivity contribution in [1.29, 1.82) is 0 Å². The third kappa shape index (κ3) is 2.36. The number of pyridine rings is 1. The minimum absolute atomic E-state index is 0.189. The van der Waals surface area contributed by atoms with Gasteiger partial charge in [0, 0.05) is 30.3 Å². The van der Waals surface area contributed by atoms with Crippen LogP contribution in [0, 0.1) is 13.8 Å². The lowest BCUT2D eigenvalue weighted by molar-refractivity contribution is 0.655. The molecule has 0 radical (unpaired) electrons. The Kier molecular flexibility index (Phi) is 3.24. The Morgan fingerprint density at radius 2 is 1.94 bits per heavy atom. The van der Waals surface area contributed by atoms with Gasteiger partial charge in [-0.1, -0.05) is 0 Å². The molecule has 0 aliphatic heterocycles. The van der Waals surface area contributed by atoms with E-state index in [0.29, 0.717) is 0 Å².